The highest BCUT2D eigenvalue weighted by Crippen LogP contribution is 2.37. The molecular weight excluding hydrogens is 406 g/mol. The molecule has 4 heterocycles. The van der Waals surface area contributed by atoms with Crippen molar-refractivity contribution in [2.24, 2.45) is 0 Å². The number of aromatic nitrogens is 4. The second kappa shape index (κ2) is 8.28. The fraction of sp³-hybridized carbons (Fsp3) is 0.476. The molecule has 2 aliphatic heterocycles. The number of benzene rings is 1. The number of halogens is 1. The molecule has 0 bridgehead atoms. The fourth-order valence-corrected chi connectivity index (χ4v) is 4.42. The first-order valence-corrected chi connectivity index (χ1v) is 9.96. The first-order valence-electron chi connectivity index (χ1n) is 9.96. The highest BCUT2D eigenvalue weighted by atomic mass is 35.5. The number of hydrogen-bond donors (Lipinski definition) is 0. The summed E-state index contributed by atoms with van der Waals surface area (Å²) in [6, 6.07) is 4.16. The first-order chi connectivity index (χ1) is 14.2. The van der Waals surface area contributed by atoms with Gasteiger partial charge in [-0.15, -0.1) is 12.4 Å². The van der Waals surface area contributed by atoms with Crippen molar-refractivity contribution in [3.8, 4) is 11.5 Å². The van der Waals surface area contributed by atoms with E-state index >= 15 is 0 Å². The van der Waals surface area contributed by atoms with Gasteiger partial charge in [-0.25, -0.2) is 14.5 Å². The maximum atomic E-state index is 5.62. The van der Waals surface area contributed by atoms with Crippen molar-refractivity contribution < 1.29 is 14.2 Å². The van der Waals surface area contributed by atoms with Crippen LogP contribution in [-0.4, -0.2) is 53.6 Å². The largest absolute Gasteiger partial charge is 0.493 e. The van der Waals surface area contributed by atoms with Crippen molar-refractivity contribution in [1.82, 2.24) is 19.6 Å². The molecule has 0 aliphatic carbocycles. The minimum Gasteiger partial charge on any atom is -0.493 e. The van der Waals surface area contributed by atoms with Crippen LogP contribution in [0.15, 0.2) is 18.5 Å². The lowest BCUT2D eigenvalue weighted by Gasteiger charge is -2.31. The predicted octanol–water partition coefficient (Wildman–Crippen LogP) is 2.94. The van der Waals surface area contributed by atoms with Crippen LogP contribution in [0.3, 0.4) is 0 Å². The number of imidazole rings is 1. The molecule has 1 fully saturated rings. The molecule has 0 N–H and O–H groups in total. The average molecular weight is 432 g/mol. The molecule has 0 amide bonds. The second-order valence-corrected chi connectivity index (χ2v) is 7.60. The Hall–Kier alpha value is -2.58. The molecule has 0 saturated carbocycles. The van der Waals surface area contributed by atoms with Crippen molar-refractivity contribution in [3.05, 3.63) is 41.1 Å². The summed E-state index contributed by atoms with van der Waals surface area (Å²) in [5.74, 6) is 3.64. The van der Waals surface area contributed by atoms with Gasteiger partial charge in [-0.1, -0.05) is 0 Å². The van der Waals surface area contributed by atoms with Gasteiger partial charge in [0.1, 0.15) is 17.7 Å². The predicted molar refractivity (Wildman–Crippen MR) is 115 cm³/mol. The minimum absolute atomic E-state index is 0. The Bertz CT molecular complexity index is 1060. The number of rotatable bonds is 4. The molecule has 2 aliphatic rings. The average Bonchev–Trinajstić information content (AvgIpc) is 3.40. The van der Waals surface area contributed by atoms with Crippen molar-refractivity contribution in [2.75, 3.05) is 38.9 Å². The van der Waals surface area contributed by atoms with E-state index in [2.05, 4.69) is 27.1 Å². The molecule has 160 valence electrons. The van der Waals surface area contributed by atoms with Crippen LogP contribution >= 0.6 is 12.4 Å². The minimum atomic E-state index is 0. The van der Waals surface area contributed by atoms with Crippen LogP contribution < -0.4 is 14.4 Å². The Kier molecular flexibility index (Phi) is 5.71. The molecule has 2 aromatic heterocycles. The summed E-state index contributed by atoms with van der Waals surface area (Å²) < 4.78 is 18.5. The number of ether oxygens (including phenoxy) is 3. The second-order valence-electron chi connectivity index (χ2n) is 7.60. The molecule has 1 saturated heterocycles. The molecule has 9 heteroatoms. The standard InChI is InChI=1S/C21H25N5O3.ClH/c1-13-24-19(15-5-7-29-11-15)20-21(22-12-23-26(13)20)25-6-4-14-8-17(27-2)18(28-3)9-16(14)10-25;/h8-9,12,15H,4-7,10-11H2,1-3H3;1H/t15-;/m0./s1. The molecule has 3 aromatic rings. The van der Waals surface area contributed by atoms with E-state index in [4.69, 9.17) is 19.2 Å². The van der Waals surface area contributed by atoms with Gasteiger partial charge in [0.15, 0.2) is 17.3 Å². The SMILES string of the molecule is COc1cc2c(cc1OC)CN(c1ncnn3c(C)nc([C@H]4CCOC4)c13)CC2.Cl. The summed E-state index contributed by atoms with van der Waals surface area (Å²) in [6.45, 7) is 5.11. The number of fused-ring (bicyclic) bond motifs is 2. The van der Waals surface area contributed by atoms with Crippen LogP contribution in [0.4, 0.5) is 5.82 Å². The number of nitrogens with zero attached hydrogens (tertiary/aromatic N) is 5. The van der Waals surface area contributed by atoms with E-state index < -0.39 is 0 Å². The van der Waals surface area contributed by atoms with E-state index in [-0.39, 0.29) is 12.4 Å². The molecular formula is C21H26ClN5O3. The molecule has 5 rings (SSSR count). The zero-order valence-corrected chi connectivity index (χ0v) is 18.2. The van der Waals surface area contributed by atoms with E-state index in [0.717, 1.165) is 66.9 Å². The first kappa shape index (κ1) is 20.7. The van der Waals surface area contributed by atoms with E-state index in [1.165, 1.54) is 11.1 Å². The van der Waals surface area contributed by atoms with Crippen LogP contribution in [-0.2, 0) is 17.7 Å². The van der Waals surface area contributed by atoms with Gasteiger partial charge in [0.2, 0.25) is 0 Å². The van der Waals surface area contributed by atoms with Gasteiger partial charge in [-0.2, -0.15) is 5.10 Å². The van der Waals surface area contributed by atoms with Crippen LogP contribution in [0, 0.1) is 6.92 Å². The third kappa shape index (κ3) is 3.33. The lowest BCUT2D eigenvalue weighted by Crippen LogP contribution is -2.31. The molecule has 0 radical (unpaired) electrons. The lowest BCUT2D eigenvalue weighted by molar-refractivity contribution is 0.193. The summed E-state index contributed by atoms with van der Waals surface area (Å²) in [5, 5.41) is 4.46. The third-order valence-corrected chi connectivity index (χ3v) is 5.94. The maximum absolute atomic E-state index is 5.62. The topological polar surface area (TPSA) is 74.0 Å². The normalized spacial score (nSPS) is 18.2. The Morgan fingerprint density at radius 3 is 2.60 bits per heavy atom. The molecule has 1 atom stereocenters. The van der Waals surface area contributed by atoms with Crippen LogP contribution in [0.2, 0.25) is 0 Å². The highest BCUT2D eigenvalue weighted by molar-refractivity contribution is 5.85. The van der Waals surface area contributed by atoms with E-state index in [1.807, 2.05) is 11.4 Å². The van der Waals surface area contributed by atoms with Crippen molar-refractivity contribution in [2.45, 2.75) is 32.2 Å². The summed E-state index contributed by atoms with van der Waals surface area (Å²) in [6.07, 6.45) is 3.52. The van der Waals surface area contributed by atoms with E-state index in [9.17, 15) is 0 Å². The van der Waals surface area contributed by atoms with Crippen molar-refractivity contribution in [1.29, 1.82) is 0 Å². The molecule has 1 aromatic carbocycles. The highest BCUT2D eigenvalue weighted by Gasteiger charge is 2.29. The Morgan fingerprint density at radius 2 is 1.90 bits per heavy atom. The van der Waals surface area contributed by atoms with Crippen LogP contribution in [0.5, 0.6) is 11.5 Å². The van der Waals surface area contributed by atoms with Gasteiger partial charge in [-0.05, 0) is 43.0 Å². The van der Waals surface area contributed by atoms with Crippen LogP contribution in [0.1, 0.15) is 35.0 Å². The number of methoxy groups -OCH3 is 2. The number of aryl methyl sites for hydroxylation is 1. The Morgan fingerprint density at radius 1 is 1.13 bits per heavy atom. The summed E-state index contributed by atoms with van der Waals surface area (Å²) >= 11 is 0. The monoisotopic (exact) mass is 431 g/mol. The zero-order valence-electron chi connectivity index (χ0n) is 17.4. The Labute approximate surface area is 181 Å². The third-order valence-electron chi connectivity index (χ3n) is 5.94. The van der Waals surface area contributed by atoms with Gasteiger partial charge in [-0.3, -0.25) is 0 Å². The van der Waals surface area contributed by atoms with Crippen molar-refractivity contribution >= 4 is 23.7 Å². The van der Waals surface area contributed by atoms with Crippen molar-refractivity contribution in [3.63, 3.8) is 0 Å². The maximum Gasteiger partial charge on any atom is 0.161 e. The Balaban J connectivity index is 0.00000218. The lowest BCUT2D eigenvalue weighted by atomic mass is 9.98. The zero-order chi connectivity index (χ0) is 20.0. The van der Waals surface area contributed by atoms with Crippen LogP contribution in [0.25, 0.3) is 5.52 Å². The van der Waals surface area contributed by atoms with Gasteiger partial charge in [0, 0.05) is 25.6 Å². The van der Waals surface area contributed by atoms with E-state index in [0.29, 0.717) is 12.5 Å². The fourth-order valence-electron chi connectivity index (χ4n) is 4.42. The van der Waals surface area contributed by atoms with Gasteiger partial charge >= 0.3 is 0 Å². The smallest absolute Gasteiger partial charge is 0.161 e. The molecule has 8 nitrogen and oxygen atoms in total. The summed E-state index contributed by atoms with van der Waals surface area (Å²) in [7, 11) is 3.34. The van der Waals surface area contributed by atoms with E-state index in [1.54, 1.807) is 20.5 Å². The number of anilines is 1. The van der Waals surface area contributed by atoms with Gasteiger partial charge in [0.25, 0.3) is 0 Å². The number of hydrogen-bond acceptors (Lipinski definition) is 7. The molecule has 0 spiro atoms. The molecule has 0 unspecified atom stereocenters. The summed E-state index contributed by atoms with van der Waals surface area (Å²) in [5.41, 5.74) is 4.57. The quantitative estimate of drug-likeness (QED) is 0.628. The van der Waals surface area contributed by atoms with Gasteiger partial charge in [0.05, 0.1) is 26.5 Å². The van der Waals surface area contributed by atoms with Gasteiger partial charge < -0.3 is 19.1 Å². The molecule has 30 heavy (non-hydrogen) atoms. The summed E-state index contributed by atoms with van der Waals surface area (Å²) in [4.78, 5) is 11.8.